The number of carbonyl (C=O) groups is 2. The zero-order valence-electron chi connectivity index (χ0n) is 29.2. The summed E-state index contributed by atoms with van der Waals surface area (Å²) in [6, 6.07) is 12.1. The van der Waals surface area contributed by atoms with Crippen molar-refractivity contribution in [2.24, 2.45) is 0 Å². The Hall–Kier alpha value is -3.91. The predicted octanol–water partition coefficient (Wildman–Crippen LogP) is 6.90. The monoisotopic (exact) mass is 850 g/mol. The Morgan fingerprint density at radius 3 is 2.02 bits per heavy atom. The normalized spacial score (nSPS) is 15.8. The van der Waals surface area contributed by atoms with E-state index in [0.717, 1.165) is 87.0 Å². The van der Waals surface area contributed by atoms with Crippen LogP contribution in [0.1, 0.15) is 73.4 Å². The van der Waals surface area contributed by atoms with Crippen molar-refractivity contribution in [1.82, 2.24) is 30.1 Å². The van der Waals surface area contributed by atoms with Crippen LogP contribution in [0.4, 0.5) is 0 Å². The quantitative estimate of drug-likeness (QED) is 0.143. The largest absolute Gasteiger partial charge is 0.381 e. The zero-order valence-corrected chi connectivity index (χ0v) is 33.1. The number of Topliss-reactive ketones (excluding diaryl/α,β-unsaturated/α-hetero) is 2. The number of rotatable bonds is 5. The summed E-state index contributed by atoms with van der Waals surface area (Å²) in [4.78, 5) is 40.5. The van der Waals surface area contributed by atoms with E-state index in [1.807, 2.05) is 58.2 Å². The van der Waals surface area contributed by atoms with Crippen molar-refractivity contribution in [3.63, 3.8) is 0 Å². The highest BCUT2D eigenvalue weighted by molar-refractivity contribution is 9.10. The van der Waals surface area contributed by atoms with Crippen LogP contribution in [-0.4, -0.2) is 54.9 Å². The molecule has 2 aromatic carbocycles. The number of ether oxygens (including phenoxy) is 1. The smallest absolute Gasteiger partial charge is 0.355 e. The summed E-state index contributed by atoms with van der Waals surface area (Å²) in [5.74, 6) is 0.221. The topological polar surface area (TPSA) is 134 Å². The van der Waals surface area contributed by atoms with Gasteiger partial charge in [-0.15, -0.1) is 0 Å². The van der Waals surface area contributed by atoms with Gasteiger partial charge in [0, 0.05) is 41.4 Å². The van der Waals surface area contributed by atoms with Gasteiger partial charge in [0.1, 0.15) is 34.8 Å². The van der Waals surface area contributed by atoms with Crippen LogP contribution in [0.25, 0.3) is 22.1 Å². The zero-order chi connectivity index (χ0) is 36.6. The molecule has 0 spiro atoms. The number of aryl methyl sites for hydroxylation is 2. The minimum absolute atomic E-state index is 0.196. The van der Waals surface area contributed by atoms with E-state index in [1.54, 1.807) is 6.33 Å². The number of hydrogen-bond acceptors (Lipinski definition) is 7. The van der Waals surface area contributed by atoms with Gasteiger partial charge < -0.3 is 4.74 Å². The lowest BCUT2D eigenvalue weighted by Gasteiger charge is -2.09. The van der Waals surface area contributed by atoms with Gasteiger partial charge in [0.25, 0.3) is 0 Å². The number of hydrogen-bond donors (Lipinski definition) is 2. The number of benzene rings is 2. The first-order chi connectivity index (χ1) is 25.3. The molecule has 2 N–H and O–H groups in total. The molecule has 14 heteroatoms. The highest BCUT2D eigenvalue weighted by Crippen LogP contribution is 2.38. The first-order valence-electron chi connectivity index (χ1n) is 17.5. The fourth-order valence-electron chi connectivity index (χ4n) is 6.57. The summed E-state index contributed by atoms with van der Waals surface area (Å²) in [7, 11) is 0. The molecule has 0 amide bonds. The van der Waals surface area contributed by atoms with Crippen LogP contribution in [0, 0.1) is 0 Å². The average molecular weight is 853 g/mol. The number of nitrogens with one attached hydrogen (secondary N) is 2. The third-order valence-electron chi connectivity index (χ3n) is 8.99. The van der Waals surface area contributed by atoms with Crippen molar-refractivity contribution in [1.29, 1.82) is 0 Å². The van der Waals surface area contributed by atoms with E-state index in [4.69, 9.17) is 16.3 Å². The van der Waals surface area contributed by atoms with Crippen molar-refractivity contribution >= 4 is 77.1 Å². The van der Waals surface area contributed by atoms with Crippen LogP contribution in [0.3, 0.4) is 0 Å². The highest BCUT2D eigenvalue weighted by atomic mass is 79.9. The molecule has 1 unspecified atom stereocenters. The Morgan fingerprint density at radius 1 is 0.769 bits per heavy atom. The minimum atomic E-state index is -0.307. The maximum atomic E-state index is 12.6. The Kier molecular flexibility index (Phi) is 12.9. The molecule has 0 bridgehead atoms. The standard InChI is InChI=1S/C17H15BrN4O.C9H7BrO.C8H9ClN4.C4H8O/c1-2-5-22-17-13(8-21-22)16(19-9-20-17)15-12-7-11(18)4-3-10(12)6-14(15)23;10-8-2-1-6-4-9(11)5-7(6)3-8;1-2-3-13-8-6(4-12-13)7(9)10-5-11-8;1-2-4-5-3-1/h3-4,7-9,15H,2,5-6H2,1H3;1-3H,4-5H2;4-5H,2-3H2,1H3;1-4H2/p+2. The minimum Gasteiger partial charge on any atom is -0.381 e. The van der Waals surface area contributed by atoms with Crippen molar-refractivity contribution in [2.45, 2.75) is 77.8 Å². The Balaban J connectivity index is 0.000000135. The van der Waals surface area contributed by atoms with Crippen LogP contribution in [-0.2, 0) is 46.7 Å². The summed E-state index contributed by atoms with van der Waals surface area (Å²) in [5.41, 5.74) is 7.03. The average Bonchev–Trinajstić information content (AvgIpc) is 3.98. The molecular formula is C38H41Br2ClN8O3+2. The number of ketones is 2. The van der Waals surface area contributed by atoms with E-state index in [2.05, 4.69) is 75.8 Å². The molecule has 0 radical (unpaired) electrons. The van der Waals surface area contributed by atoms with Gasteiger partial charge in [0.05, 0.1) is 24.0 Å². The van der Waals surface area contributed by atoms with E-state index in [0.29, 0.717) is 30.2 Å². The summed E-state index contributed by atoms with van der Waals surface area (Å²) in [6.07, 6.45) is 13.1. The van der Waals surface area contributed by atoms with E-state index in [9.17, 15) is 9.59 Å². The molecule has 1 fully saturated rings. The number of fused-ring (bicyclic) bond motifs is 4. The van der Waals surface area contributed by atoms with Crippen molar-refractivity contribution in [2.75, 3.05) is 13.2 Å². The molecule has 11 nitrogen and oxygen atoms in total. The lowest BCUT2D eigenvalue weighted by Crippen LogP contribution is -2.36. The van der Waals surface area contributed by atoms with Gasteiger partial charge in [-0.05, 0) is 82.2 Å². The molecule has 5 heterocycles. The van der Waals surface area contributed by atoms with Gasteiger partial charge in [0.2, 0.25) is 12.7 Å². The molecule has 9 rings (SSSR count). The second-order valence-electron chi connectivity index (χ2n) is 12.8. The second-order valence-corrected chi connectivity index (χ2v) is 15.0. The van der Waals surface area contributed by atoms with E-state index >= 15 is 0 Å². The number of carbonyl (C=O) groups excluding carboxylic acids is 2. The number of aromatic amines is 2. The Bertz CT molecular complexity index is 2190. The Labute approximate surface area is 323 Å². The molecule has 6 aromatic rings. The maximum absolute atomic E-state index is 12.6. The maximum Gasteiger partial charge on any atom is 0.355 e. The van der Waals surface area contributed by atoms with Crippen molar-refractivity contribution < 1.29 is 23.7 Å². The van der Waals surface area contributed by atoms with Gasteiger partial charge in [-0.1, -0.05) is 69.4 Å². The van der Waals surface area contributed by atoms with Crippen LogP contribution >= 0.6 is 43.5 Å². The van der Waals surface area contributed by atoms with Gasteiger partial charge in [-0.25, -0.2) is 15.2 Å². The first-order valence-corrected chi connectivity index (χ1v) is 19.5. The van der Waals surface area contributed by atoms with Crippen LogP contribution in [0.5, 0.6) is 0 Å². The fraction of sp³-hybridized carbons (Fsp3) is 0.368. The van der Waals surface area contributed by atoms with E-state index in [-0.39, 0.29) is 11.7 Å². The van der Waals surface area contributed by atoms with Crippen molar-refractivity contribution in [3.05, 3.63) is 103 Å². The third-order valence-corrected chi connectivity index (χ3v) is 10.3. The molecular weight excluding hydrogens is 812 g/mol. The van der Waals surface area contributed by atoms with Gasteiger partial charge in [-0.2, -0.15) is 14.3 Å². The van der Waals surface area contributed by atoms with Crippen molar-refractivity contribution in [3.8, 4) is 0 Å². The molecule has 1 atom stereocenters. The molecule has 270 valence electrons. The molecule has 0 saturated carbocycles. The number of halogens is 3. The number of aromatic nitrogens is 8. The second kappa shape index (κ2) is 17.7. The third kappa shape index (κ3) is 8.82. The lowest BCUT2D eigenvalue weighted by molar-refractivity contribution is -0.728. The number of H-pyrrole nitrogens is 2. The Morgan fingerprint density at radius 2 is 1.37 bits per heavy atom. The summed E-state index contributed by atoms with van der Waals surface area (Å²) in [5, 5.41) is 8.60. The van der Waals surface area contributed by atoms with Gasteiger partial charge >= 0.3 is 11.3 Å². The van der Waals surface area contributed by atoms with E-state index in [1.165, 1.54) is 30.3 Å². The van der Waals surface area contributed by atoms with Crippen LogP contribution in [0.2, 0.25) is 5.15 Å². The fourth-order valence-corrected chi connectivity index (χ4v) is 7.54. The highest BCUT2D eigenvalue weighted by Gasteiger charge is 2.36. The van der Waals surface area contributed by atoms with Crippen LogP contribution in [0.15, 0.2) is 70.4 Å². The first kappa shape index (κ1) is 37.8. The lowest BCUT2D eigenvalue weighted by atomic mass is 9.95. The predicted molar refractivity (Wildman–Crippen MR) is 205 cm³/mol. The molecule has 2 aliphatic carbocycles. The molecule has 52 heavy (non-hydrogen) atoms. The molecule has 4 aromatic heterocycles. The molecule has 1 saturated heterocycles. The van der Waals surface area contributed by atoms with Crippen LogP contribution < -0.4 is 9.36 Å². The SMILES string of the molecule is C1CCOC1.CCC[n+]1[nH]cc2c(C3C(=O)Cc4ccc(Br)cc43)ncnc21.CCC[n+]1[nH]cc2c(Cl)ncnc21.O=C1Cc2ccc(Br)cc2C1. The summed E-state index contributed by atoms with van der Waals surface area (Å²) < 4.78 is 11.0. The summed E-state index contributed by atoms with van der Waals surface area (Å²) >= 11 is 12.8. The number of nitrogens with zero attached hydrogens (tertiary/aromatic N) is 6. The summed E-state index contributed by atoms with van der Waals surface area (Å²) in [6.45, 7) is 8.01. The van der Waals surface area contributed by atoms with Gasteiger partial charge in [-0.3, -0.25) is 9.59 Å². The molecule has 1 aliphatic heterocycles. The van der Waals surface area contributed by atoms with E-state index < -0.39 is 0 Å². The molecule has 3 aliphatic rings. The van der Waals surface area contributed by atoms with Gasteiger partial charge in [0.15, 0.2) is 5.78 Å².